The molecule has 2 aromatic heterocycles. The minimum Gasteiger partial charge on any atom is -0.508 e. The van der Waals surface area contributed by atoms with Crippen LogP contribution in [0.1, 0.15) is 15.9 Å². The van der Waals surface area contributed by atoms with Gasteiger partial charge in [0, 0.05) is 23.2 Å². The van der Waals surface area contributed by atoms with Crippen LogP contribution in [0.4, 0.5) is 5.82 Å². The lowest BCUT2D eigenvalue weighted by Gasteiger charge is -2.06. The minimum atomic E-state index is -0.318. The number of phenolic OH excluding ortho intramolecular Hbond substituents is 1. The largest absolute Gasteiger partial charge is 0.508 e. The van der Waals surface area contributed by atoms with Crippen LogP contribution in [-0.2, 0) is 0 Å². The zero-order valence-corrected chi connectivity index (χ0v) is 16.7. The zero-order valence-electron chi connectivity index (χ0n) is 16.7. The molecule has 5 aromatic rings. The maximum absolute atomic E-state index is 13.3. The van der Waals surface area contributed by atoms with Crippen molar-refractivity contribution in [2.75, 3.05) is 5.32 Å². The topological polar surface area (TPSA) is 95.8 Å². The van der Waals surface area contributed by atoms with Crippen LogP contribution in [0.15, 0.2) is 79.0 Å². The molecule has 0 aliphatic carbocycles. The third-order valence-corrected chi connectivity index (χ3v) is 5.16. The second-order valence-corrected chi connectivity index (χ2v) is 7.24. The Kier molecular flexibility index (Phi) is 4.48. The van der Waals surface area contributed by atoms with E-state index in [4.69, 9.17) is 5.10 Å². The lowest BCUT2D eigenvalue weighted by molar-refractivity contribution is 0.102. The van der Waals surface area contributed by atoms with Gasteiger partial charge in [-0.3, -0.25) is 9.89 Å². The Morgan fingerprint density at radius 3 is 2.61 bits per heavy atom. The van der Waals surface area contributed by atoms with Crippen molar-refractivity contribution >= 4 is 22.6 Å². The molecule has 31 heavy (non-hydrogen) atoms. The highest BCUT2D eigenvalue weighted by Gasteiger charge is 2.21. The predicted octanol–water partition coefficient (Wildman–Crippen LogP) is 4.68. The Morgan fingerprint density at radius 2 is 1.81 bits per heavy atom. The Labute approximate surface area is 178 Å². The second kappa shape index (κ2) is 7.46. The van der Waals surface area contributed by atoms with E-state index in [-0.39, 0.29) is 11.7 Å². The third kappa shape index (κ3) is 3.42. The van der Waals surface area contributed by atoms with E-state index in [1.807, 2.05) is 61.5 Å². The van der Waals surface area contributed by atoms with Crippen molar-refractivity contribution < 1.29 is 9.90 Å². The number of aromatic nitrogens is 4. The summed E-state index contributed by atoms with van der Waals surface area (Å²) in [6.07, 6.45) is 1.73. The molecule has 0 fully saturated rings. The molecule has 0 saturated heterocycles. The van der Waals surface area contributed by atoms with E-state index in [9.17, 15) is 9.90 Å². The highest BCUT2D eigenvalue weighted by atomic mass is 16.3. The summed E-state index contributed by atoms with van der Waals surface area (Å²) in [5, 5.41) is 25.0. The number of hydrogen-bond acceptors (Lipinski definition) is 4. The molecule has 0 spiro atoms. The summed E-state index contributed by atoms with van der Waals surface area (Å²) in [4.78, 5) is 13.3. The summed E-state index contributed by atoms with van der Waals surface area (Å²) in [6, 6.07) is 22.3. The quantitative estimate of drug-likeness (QED) is 0.401. The molecule has 0 radical (unpaired) electrons. The number of nitrogens with one attached hydrogen (secondary N) is 2. The molecule has 0 bridgehead atoms. The van der Waals surface area contributed by atoms with Crippen LogP contribution in [-0.4, -0.2) is 31.0 Å². The third-order valence-electron chi connectivity index (χ3n) is 5.16. The minimum absolute atomic E-state index is 0.125. The lowest BCUT2D eigenvalue weighted by atomic mass is 10.0. The van der Waals surface area contributed by atoms with Gasteiger partial charge in [-0.1, -0.05) is 42.5 Å². The normalized spacial score (nSPS) is 11.0. The number of benzene rings is 3. The highest BCUT2D eigenvalue weighted by molar-refractivity contribution is 6.10. The average Bonchev–Trinajstić information content (AvgIpc) is 3.39. The molecule has 0 aliphatic rings. The Balaban J connectivity index is 1.59. The molecule has 2 heterocycles. The molecular weight excluding hydrogens is 390 g/mol. The first kappa shape index (κ1) is 18.6. The SMILES string of the molecule is Cc1ccccc1-c1nn(-c2ccccc2)cc1C(=O)Nc1n[nH]c2cc(O)ccc12. The van der Waals surface area contributed by atoms with Crippen molar-refractivity contribution in [3.63, 3.8) is 0 Å². The Hall–Kier alpha value is -4.39. The molecule has 3 N–H and O–H groups in total. The number of H-pyrrole nitrogens is 1. The molecule has 152 valence electrons. The average molecular weight is 409 g/mol. The number of hydrogen-bond donors (Lipinski definition) is 3. The van der Waals surface area contributed by atoms with Gasteiger partial charge in [0.15, 0.2) is 5.82 Å². The van der Waals surface area contributed by atoms with Gasteiger partial charge in [0.25, 0.3) is 5.91 Å². The molecule has 0 atom stereocenters. The van der Waals surface area contributed by atoms with Gasteiger partial charge in [-0.15, -0.1) is 0 Å². The van der Waals surface area contributed by atoms with E-state index in [1.54, 1.807) is 29.1 Å². The van der Waals surface area contributed by atoms with Crippen molar-refractivity contribution in [2.24, 2.45) is 0 Å². The number of nitrogens with zero attached hydrogens (tertiary/aromatic N) is 3. The van der Waals surface area contributed by atoms with Crippen LogP contribution in [0.25, 0.3) is 27.8 Å². The molecule has 3 aromatic carbocycles. The van der Waals surface area contributed by atoms with Crippen LogP contribution in [0.5, 0.6) is 5.75 Å². The van der Waals surface area contributed by atoms with E-state index in [0.29, 0.717) is 28.0 Å². The maximum Gasteiger partial charge on any atom is 0.260 e. The molecule has 7 nitrogen and oxygen atoms in total. The predicted molar refractivity (Wildman–Crippen MR) is 119 cm³/mol. The molecule has 5 rings (SSSR count). The molecule has 0 saturated carbocycles. The van der Waals surface area contributed by atoms with Crippen LogP contribution in [0.2, 0.25) is 0 Å². The number of aromatic hydroxyl groups is 1. The van der Waals surface area contributed by atoms with E-state index < -0.39 is 0 Å². The first-order chi connectivity index (χ1) is 15.1. The fraction of sp³-hybridized carbons (Fsp3) is 0.0417. The Morgan fingerprint density at radius 1 is 1.03 bits per heavy atom. The van der Waals surface area contributed by atoms with Crippen molar-refractivity contribution in [3.05, 3.63) is 90.1 Å². The van der Waals surface area contributed by atoms with E-state index in [1.165, 1.54) is 0 Å². The maximum atomic E-state index is 13.3. The van der Waals surface area contributed by atoms with Crippen molar-refractivity contribution in [3.8, 4) is 22.7 Å². The summed E-state index contributed by atoms with van der Waals surface area (Å²) in [5.74, 6) is 0.199. The number of fused-ring (bicyclic) bond motifs is 1. The van der Waals surface area contributed by atoms with Crippen molar-refractivity contribution in [1.29, 1.82) is 0 Å². The number of carbonyl (C=O) groups excluding carboxylic acids is 1. The fourth-order valence-electron chi connectivity index (χ4n) is 3.57. The van der Waals surface area contributed by atoms with Crippen LogP contribution < -0.4 is 5.32 Å². The van der Waals surface area contributed by atoms with Gasteiger partial charge in [-0.25, -0.2) is 4.68 Å². The summed E-state index contributed by atoms with van der Waals surface area (Å²) < 4.78 is 1.71. The van der Waals surface area contributed by atoms with Gasteiger partial charge in [0.1, 0.15) is 11.4 Å². The number of carbonyl (C=O) groups is 1. The van der Waals surface area contributed by atoms with Crippen molar-refractivity contribution in [2.45, 2.75) is 6.92 Å². The van der Waals surface area contributed by atoms with E-state index in [2.05, 4.69) is 15.5 Å². The summed E-state index contributed by atoms with van der Waals surface area (Å²) >= 11 is 0. The summed E-state index contributed by atoms with van der Waals surface area (Å²) in [5.41, 5.74) is 4.44. The van der Waals surface area contributed by atoms with Gasteiger partial charge in [0.2, 0.25) is 0 Å². The second-order valence-electron chi connectivity index (χ2n) is 7.24. The lowest BCUT2D eigenvalue weighted by Crippen LogP contribution is -2.13. The van der Waals surface area contributed by atoms with Gasteiger partial charge < -0.3 is 10.4 Å². The number of para-hydroxylation sites is 1. The van der Waals surface area contributed by atoms with Gasteiger partial charge in [-0.2, -0.15) is 10.2 Å². The number of amides is 1. The smallest absolute Gasteiger partial charge is 0.260 e. The number of aryl methyl sites for hydroxylation is 1. The number of aromatic amines is 1. The number of phenols is 1. The first-order valence-corrected chi connectivity index (χ1v) is 9.80. The van der Waals surface area contributed by atoms with Crippen LogP contribution in [0.3, 0.4) is 0 Å². The first-order valence-electron chi connectivity index (χ1n) is 9.80. The van der Waals surface area contributed by atoms with Gasteiger partial charge in [0.05, 0.1) is 16.8 Å². The molecule has 0 aliphatic heterocycles. The standard InChI is InChI=1S/C24H19N5O2/c1-15-7-5-6-10-18(15)22-20(14-29(28-22)16-8-3-2-4-9-16)24(31)25-23-19-12-11-17(30)13-21(19)26-27-23/h2-14,30H,1H3,(H2,25,26,27,31). The van der Waals surface area contributed by atoms with Gasteiger partial charge in [-0.05, 0) is 36.8 Å². The van der Waals surface area contributed by atoms with E-state index >= 15 is 0 Å². The van der Waals surface area contributed by atoms with Gasteiger partial charge >= 0.3 is 0 Å². The number of rotatable bonds is 4. The molecular formula is C24H19N5O2. The van der Waals surface area contributed by atoms with Crippen LogP contribution >= 0.6 is 0 Å². The molecule has 1 amide bonds. The molecule has 7 heteroatoms. The van der Waals surface area contributed by atoms with E-state index in [0.717, 1.165) is 16.8 Å². The fourth-order valence-corrected chi connectivity index (χ4v) is 3.57. The van der Waals surface area contributed by atoms with Crippen molar-refractivity contribution in [1.82, 2.24) is 20.0 Å². The zero-order chi connectivity index (χ0) is 21.4. The number of anilines is 1. The Bertz CT molecular complexity index is 1400. The summed E-state index contributed by atoms with van der Waals surface area (Å²) in [6.45, 7) is 1.99. The molecule has 0 unspecified atom stereocenters. The monoisotopic (exact) mass is 409 g/mol. The highest BCUT2D eigenvalue weighted by Crippen LogP contribution is 2.29. The summed E-state index contributed by atoms with van der Waals surface area (Å²) in [7, 11) is 0. The van der Waals surface area contributed by atoms with Crippen LogP contribution in [0, 0.1) is 6.92 Å².